The fraction of sp³-hybridized carbons (Fsp3) is 0.200. The molecule has 0 spiro atoms. The van der Waals surface area contributed by atoms with Gasteiger partial charge in [-0.1, -0.05) is 6.07 Å². The van der Waals surface area contributed by atoms with Crippen molar-refractivity contribution in [3.8, 4) is 0 Å². The predicted molar refractivity (Wildman–Crippen MR) is 54.7 cm³/mol. The van der Waals surface area contributed by atoms with Crippen molar-refractivity contribution in [2.45, 2.75) is 13.3 Å². The van der Waals surface area contributed by atoms with Gasteiger partial charge in [-0.2, -0.15) is 0 Å². The monoisotopic (exact) mass is 207 g/mol. The molecule has 0 atom stereocenters. The molecule has 0 radical (unpaired) electrons. The minimum Gasteiger partial charge on any atom is -0.292 e. The molecule has 1 fully saturated rings. The number of imide groups is 1. The van der Waals surface area contributed by atoms with Crippen LogP contribution in [0, 0.1) is 0 Å². The molecule has 3 nitrogen and oxygen atoms in total. The van der Waals surface area contributed by atoms with Crippen molar-refractivity contribution in [1.82, 2.24) is 5.32 Å². The van der Waals surface area contributed by atoms with E-state index in [1.807, 2.05) is 24.4 Å². The summed E-state index contributed by atoms with van der Waals surface area (Å²) in [6, 6.07) is 3.88. The molecule has 1 aromatic heterocycles. The van der Waals surface area contributed by atoms with Gasteiger partial charge < -0.3 is 0 Å². The Morgan fingerprint density at radius 2 is 2.29 bits per heavy atom. The maximum absolute atomic E-state index is 11.3. The molecule has 2 rings (SSSR count). The summed E-state index contributed by atoms with van der Waals surface area (Å²) in [5.74, 6) is -0.457. The van der Waals surface area contributed by atoms with Gasteiger partial charge in [-0.3, -0.25) is 14.9 Å². The fourth-order valence-electron chi connectivity index (χ4n) is 1.43. The van der Waals surface area contributed by atoms with Crippen molar-refractivity contribution >= 4 is 28.7 Å². The lowest BCUT2D eigenvalue weighted by atomic mass is 10.1. The minimum absolute atomic E-state index is 0.207. The lowest BCUT2D eigenvalue weighted by molar-refractivity contribution is -0.124. The lowest BCUT2D eigenvalue weighted by Gasteiger charge is -1.99. The number of rotatable bonds is 1. The zero-order chi connectivity index (χ0) is 10.1. The summed E-state index contributed by atoms with van der Waals surface area (Å²) >= 11 is 1.57. The van der Waals surface area contributed by atoms with E-state index in [0.29, 0.717) is 5.57 Å². The van der Waals surface area contributed by atoms with Gasteiger partial charge in [0.1, 0.15) is 0 Å². The maximum Gasteiger partial charge on any atom is 0.254 e. The van der Waals surface area contributed by atoms with Gasteiger partial charge in [-0.05, 0) is 23.9 Å². The van der Waals surface area contributed by atoms with E-state index in [9.17, 15) is 9.59 Å². The highest BCUT2D eigenvalue weighted by molar-refractivity contribution is 7.11. The first-order chi connectivity index (χ1) is 6.68. The van der Waals surface area contributed by atoms with E-state index in [1.165, 1.54) is 0 Å². The van der Waals surface area contributed by atoms with Crippen LogP contribution in [0.4, 0.5) is 0 Å². The summed E-state index contributed by atoms with van der Waals surface area (Å²) in [6.45, 7) is 1.87. The predicted octanol–water partition coefficient (Wildman–Crippen LogP) is 1.57. The van der Waals surface area contributed by atoms with Crippen molar-refractivity contribution in [3.05, 3.63) is 28.0 Å². The van der Waals surface area contributed by atoms with Crippen LogP contribution in [-0.4, -0.2) is 11.8 Å². The Hall–Kier alpha value is -1.42. The lowest BCUT2D eigenvalue weighted by Crippen LogP contribution is -2.19. The van der Waals surface area contributed by atoms with Gasteiger partial charge >= 0.3 is 0 Å². The average molecular weight is 207 g/mol. The number of hydrogen-bond acceptors (Lipinski definition) is 3. The summed E-state index contributed by atoms with van der Waals surface area (Å²) in [5.41, 5.74) is 1.50. The Kier molecular flexibility index (Phi) is 2.21. The standard InChI is InChI=1S/C10H9NO2S/c1-6(8-3-2-4-14-8)7-5-9(12)11-10(7)13/h2-4H,5H2,1H3,(H,11,12,13). The van der Waals surface area contributed by atoms with Crippen molar-refractivity contribution in [1.29, 1.82) is 0 Å². The van der Waals surface area contributed by atoms with Crippen LogP contribution in [0.3, 0.4) is 0 Å². The molecular weight excluding hydrogens is 198 g/mol. The summed E-state index contributed by atoms with van der Waals surface area (Å²) in [5, 5.41) is 4.23. The Morgan fingerprint density at radius 3 is 2.79 bits per heavy atom. The number of allylic oxidation sites excluding steroid dienone is 1. The molecule has 1 saturated heterocycles. The van der Waals surface area contributed by atoms with Crippen LogP contribution in [0.2, 0.25) is 0 Å². The second-order valence-corrected chi connectivity index (χ2v) is 4.08. The summed E-state index contributed by atoms with van der Waals surface area (Å²) in [7, 11) is 0. The van der Waals surface area contributed by atoms with E-state index in [0.717, 1.165) is 10.5 Å². The first-order valence-corrected chi connectivity index (χ1v) is 5.14. The van der Waals surface area contributed by atoms with Crippen LogP contribution < -0.4 is 5.32 Å². The molecule has 0 saturated carbocycles. The van der Waals surface area contributed by atoms with Gasteiger partial charge in [0.05, 0.1) is 6.42 Å². The molecule has 0 aromatic carbocycles. The summed E-state index contributed by atoms with van der Waals surface area (Å²) < 4.78 is 0. The molecule has 0 unspecified atom stereocenters. The Balaban J connectivity index is 2.41. The maximum atomic E-state index is 11.3. The molecule has 0 bridgehead atoms. The van der Waals surface area contributed by atoms with Gasteiger partial charge in [-0.15, -0.1) is 11.3 Å². The van der Waals surface area contributed by atoms with E-state index in [2.05, 4.69) is 5.32 Å². The van der Waals surface area contributed by atoms with Crippen LogP contribution in [0.5, 0.6) is 0 Å². The first-order valence-electron chi connectivity index (χ1n) is 4.26. The number of nitrogens with one attached hydrogen (secondary N) is 1. The molecule has 1 aromatic rings. The van der Waals surface area contributed by atoms with Crippen molar-refractivity contribution in [2.75, 3.05) is 0 Å². The average Bonchev–Trinajstić information content (AvgIpc) is 2.73. The molecule has 14 heavy (non-hydrogen) atoms. The van der Waals surface area contributed by atoms with E-state index >= 15 is 0 Å². The smallest absolute Gasteiger partial charge is 0.254 e. The SMILES string of the molecule is CC(=C1CC(=O)NC1=O)c1cccs1. The van der Waals surface area contributed by atoms with Gasteiger partial charge in [-0.25, -0.2) is 0 Å². The van der Waals surface area contributed by atoms with Crippen molar-refractivity contribution in [3.63, 3.8) is 0 Å². The zero-order valence-corrected chi connectivity index (χ0v) is 8.48. The van der Waals surface area contributed by atoms with Gasteiger partial charge in [0, 0.05) is 10.5 Å². The third-order valence-corrected chi connectivity index (χ3v) is 3.20. The minimum atomic E-state index is -0.249. The van der Waals surface area contributed by atoms with Crippen molar-refractivity contribution in [2.24, 2.45) is 0 Å². The Morgan fingerprint density at radius 1 is 1.50 bits per heavy atom. The number of hydrogen-bond donors (Lipinski definition) is 1. The van der Waals surface area contributed by atoms with Crippen LogP contribution in [0.1, 0.15) is 18.2 Å². The van der Waals surface area contributed by atoms with Gasteiger partial charge in [0.25, 0.3) is 5.91 Å². The normalized spacial score (nSPS) is 19.8. The van der Waals surface area contributed by atoms with E-state index < -0.39 is 0 Å². The first kappa shape index (κ1) is 9.15. The van der Waals surface area contributed by atoms with Crippen LogP contribution in [0.25, 0.3) is 5.57 Å². The Labute approximate surface area is 85.4 Å². The van der Waals surface area contributed by atoms with E-state index in [1.54, 1.807) is 11.3 Å². The largest absolute Gasteiger partial charge is 0.292 e. The number of thiophene rings is 1. The molecule has 1 aliphatic rings. The highest BCUT2D eigenvalue weighted by Gasteiger charge is 2.26. The molecule has 72 valence electrons. The third-order valence-electron chi connectivity index (χ3n) is 2.21. The highest BCUT2D eigenvalue weighted by Crippen LogP contribution is 2.26. The summed E-state index contributed by atoms with van der Waals surface area (Å²) in [4.78, 5) is 23.4. The van der Waals surface area contributed by atoms with Crippen molar-refractivity contribution < 1.29 is 9.59 Å². The third kappa shape index (κ3) is 1.48. The van der Waals surface area contributed by atoms with Crippen LogP contribution in [-0.2, 0) is 9.59 Å². The molecule has 1 N–H and O–H groups in total. The van der Waals surface area contributed by atoms with Gasteiger partial charge in [0.2, 0.25) is 5.91 Å². The second-order valence-electron chi connectivity index (χ2n) is 3.13. The van der Waals surface area contributed by atoms with Crippen LogP contribution >= 0.6 is 11.3 Å². The second kappa shape index (κ2) is 3.38. The summed E-state index contributed by atoms with van der Waals surface area (Å²) in [6.07, 6.45) is 0.211. The highest BCUT2D eigenvalue weighted by atomic mass is 32.1. The van der Waals surface area contributed by atoms with Crippen LogP contribution in [0.15, 0.2) is 23.1 Å². The molecule has 0 aliphatic carbocycles. The molecule has 1 aliphatic heterocycles. The molecule has 2 amide bonds. The molecule has 4 heteroatoms. The molecular formula is C10H9NO2S. The molecule has 2 heterocycles. The topological polar surface area (TPSA) is 46.2 Å². The van der Waals surface area contributed by atoms with Gasteiger partial charge in [0.15, 0.2) is 0 Å². The van der Waals surface area contributed by atoms with E-state index in [4.69, 9.17) is 0 Å². The quantitative estimate of drug-likeness (QED) is 0.561. The number of carbonyl (C=O) groups is 2. The van der Waals surface area contributed by atoms with E-state index in [-0.39, 0.29) is 18.2 Å². The Bertz CT molecular complexity index is 417. The fourth-order valence-corrected chi connectivity index (χ4v) is 2.19. The number of carbonyl (C=O) groups excluding carboxylic acids is 2. The number of amides is 2. The zero-order valence-electron chi connectivity index (χ0n) is 7.66.